The van der Waals surface area contributed by atoms with Crippen LogP contribution in [0.25, 0.3) is 0 Å². The molecule has 0 amide bonds. The molecule has 0 nitrogen and oxygen atoms in total. The zero-order chi connectivity index (χ0) is 14.5. The maximum atomic E-state index is 3.48. The number of unbranched alkanes of at least 4 members (excludes halogenated alkanes) is 8. The second-order valence-corrected chi connectivity index (χ2v) is 6.00. The van der Waals surface area contributed by atoms with Gasteiger partial charge in [-0.3, -0.25) is 0 Å². The second kappa shape index (κ2) is 12.0. The van der Waals surface area contributed by atoms with E-state index < -0.39 is 0 Å². The minimum atomic E-state index is 1.23. The van der Waals surface area contributed by atoms with Gasteiger partial charge in [-0.25, -0.2) is 0 Å². The summed E-state index contributed by atoms with van der Waals surface area (Å²) >= 11 is 0. The van der Waals surface area contributed by atoms with Gasteiger partial charge in [-0.15, -0.1) is 0 Å². The molecular formula is C20H33. The van der Waals surface area contributed by atoms with Crippen LogP contribution in [0.4, 0.5) is 0 Å². The summed E-state index contributed by atoms with van der Waals surface area (Å²) < 4.78 is 0. The van der Waals surface area contributed by atoms with Crippen LogP contribution in [0.15, 0.2) is 18.2 Å². The van der Waals surface area contributed by atoms with Crippen LogP contribution in [-0.2, 0) is 12.8 Å². The third kappa shape index (κ3) is 7.72. The summed E-state index contributed by atoms with van der Waals surface area (Å²) in [4.78, 5) is 0. The van der Waals surface area contributed by atoms with Gasteiger partial charge in [0, 0.05) is 0 Å². The zero-order valence-corrected chi connectivity index (χ0v) is 13.7. The Kier molecular flexibility index (Phi) is 10.4. The summed E-state index contributed by atoms with van der Waals surface area (Å²) in [6.45, 7) is 4.56. The van der Waals surface area contributed by atoms with Gasteiger partial charge in [0.2, 0.25) is 0 Å². The van der Waals surface area contributed by atoms with Gasteiger partial charge in [0.15, 0.2) is 0 Å². The lowest BCUT2D eigenvalue weighted by molar-refractivity contribution is 0.605. The molecule has 0 aliphatic heterocycles. The van der Waals surface area contributed by atoms with E-state index >= 15 is 0 Å². The molecule has 0 heteroatoms. The molecule has 0 fully saturated rings. The van der Waals surface area contributed by atoms with Gasteiger partial charge in [0.05, 0.1) is 0 Å². The van der Waals surface area contributed by atoms with Crippen molar-refractivity contribution in [3.8, 4) is 0 Å². The quantitative estimate of drug-likeness (QED) is 0.381. The van der Waals surface area contributed by atoms with Crippen molar-refractivity contribution in [1.29, 1.82) is 0 Å². The monoisotopic (exact) mass is 273 g/mol. The highest BCUT2D eigenvalue weighted by Gasteiger charge is 2.02. The van der Waals surface area contributed by atoms with Crippen molar-refractivity contribution in [2.24, 2.45) is 0 Å². The molecule has 0 aromatic heterocycles. The Morgan fingerprint density at radius 1 is 0.750 bits per heavy atom. The molecule has 0 aliphatic carbocycles. The molecule has 0 unspecified atom stereocenters. The molecule has 1 radical (unpaired) electrons. The van der Waals surface area contributed by atoms with Crippen LogP contribution in [0, 0.1) is 6.07 Å². The highest BCUT2D eigenvalue weighted by molar-refractivity contribution is 5.26. The lowest BCUT2D eigenvalue weighted by atomic mass is 9.96. The molecule has 1 aromatic carbocycles. The Bertz CT molecular complexity index is 327. The standard InChI is InChI=1S/C20H33/c1-3-5-7-9-10-12-16-20-18-14-13-17-19(20)15-11-8-6-4-2/h13-14,17H,3-12,15-16H2,1-2H3. The summed E-state index contributed by atoms with van der Waals surface area (Å²) in [5, 5.41) is 0. The molecule has 1 rings (SSSR count). The van der Waals surface area contributed by atoms with Crippen molar-refractivity contribution in [2.75, 3.05) is 0 Å². The topological polar surface area (TPSA) is 0 Å². The number of hydrogen-bond acceptors (Lipinski definition) is 0. The minimum Gasteiger partial charge on any atom is -0.0654 e. The van der Waals surface area contributed by atoms with Gasteiger partial charge in [0.1, 0.15) is 0 Å². The molecule has 20 heavy (non-hydrogen) atoms. The third-order valence-electron chi connectivity index (χ3n) is 4.12. The number of benzene rings is 1. The van der Waals surface area contributed by atoms with Crippen molar-refractivity contribution in [1.82, 2.24) is 0 Å². The molecular weight excluding hydrogens is 240 g/mol. The van der Waals surface area contributed by atoms with Crippen LogP contribution in [0.1, 0.15) is 89.2 Å². The van der Waals surface area contributed by atoms with E-state index in [2.05, 4.69) is 38.1 Å². The average Bonchev–Trinajstić information content (AvgIpc) is 2.48. The molecule has 0 spiro atoms. The first-order valence-electron chi connectivity index (χ1n) is 8.87. The predicted molar refractivity (Wildman–Crippen MR) is 90.2 cm³/mol. The number of hydrogen-bond donors (Lipinski definition) is 0. The van der Waals surface area contributed by atoms with Gasteiger partial charge >= 0.3 is 0 Å². The first-order valence-corrected chi connectivity index (χ1v) is 8.87. The van der Waals surface area contributed by atoms with E-state index in [1.165, 1.54) is 82.6 Å². The van der Waals surface area contributed by atoms with E-state index in [0.29, 0.717) is 0 Å². The SMILES string of the molecule is CCCCCCCCc1[c]cccc1CCCCCC. The fourth-order valence-electron chi connectivity index (χ4n) is 2.80. The van der Waals surface area contributed by atoms with E-state index in [-0.39, 0.29) is 0 Å². The van der Waals surface area contributed by atoms with Crippen molar-refractivity contribution < 1.29 is 0 Å². The lowest BCUT2D eigenvalue weighted by Gasteiger charge is -2.09. The molecule has 0 aliphatic rings. The molecule has 0 heterocycles. The molecule has 0 saturated heterocycles. The third-order valence-corrected chi connectivity index (χ3v) is 4.12. The Balaban J connectivity index is 2.26. The Morgan fingerprint density at radius 3 is 2.10 bits per heavy atom. The van der Waals surface area contributed by atoms with Crippen LogP contribution < -0.4 is 0 Å². The molecule has 113 valence electrons. The van der Waals surface area contributed by atoms with Crippen LogP contribution >= 0.6 is 0 Å². The molecule has 0 saturated carbocycles. The summed E-state index contributed by atoms with van der Waals surface area (Å²) in [6, 6.07) is 10.0. The maximum absolute atomic E-state index is 3.48. The normalized spacial score (nSPS) is 10.9. The molecule has 0 atom stereocenters. The van der Waals surface area contributed by atoms with Crippen LogP contribution in [-0.4, -0.2) is 0 Å². The second-order valence-electron chi connectivity index (χ2n) is 6.00. The summed E-state index contributed by atoms with van der Waals surface area (Å²) in [7, 11) is 0. The van der Waals surface area contributed by atoms with E-state index in [0.717, 1.165) is 0 Å². The highest BCUT2D eigenvalue weighted by Crippen LogP contribution is 2.16. The summed E-state index contributed by atoms with van der Waals surface area (Å²) in [5.74, 6) is 0. The number of rotatable bonds is 12. The van der Waals surface area contributed by atoms with Gasteiger partial charge in [0.25, 0.3) is 0 Å². The van der Waals surface area contributed by atoms with E-state index in [4.69, 9.17) is 0 Å². The van der Waals surface area contributed by atoms with Gasteiger partial charge in [-0.2, -0.15) is 0 Å². The van der Waals surface area contributed by atoms with Crippen molar-refractivity contribution in [3.05, 3.63) is 35.4 Å². The maximum Gasteiger partial charge on any atom is -0.0146 e. The lowest BCUT2D eigenvalue weighted by Crippen LogP contribution is -1.95. The van der Waals surface area contributed by atoms with Gasteiger partial charge in [-0.1, -0.05) is 83.4 Å². The van der Waals surface area contributed by atoms with Gasteiger partial charge in [-0.05, 0) is 42.9 Å². The first-order chi connectivity index (χ1) is 9.88. The minimum absolute atomic E-state index is 1.23. The fourth-order valence-corrected chi connectivity index (χ4v) is 2.80. The molecule has 0 N–H and O–H groups in total. The summed E-state index contributed by atoms with van der Waals surface area (Å²) in [5.41, 5.74) is 3.04. The van der Waals surface area contributed by atoms with Crippen molar-refractivity contribution >= 4 is 0 Å². The smallest absolute Gasteiger partial charge is 0.0146 e. The highest BCUT2D eigenvalue weighted by atomic mass is 14.1. The van der Waals surface area contributed by atoms with E-state index in [1.54, 1.807) is 5.56 Å². The zero-order valence-electron chi connectivity index (χ0n) is 13.7. The van der Waals surface area contributed by atoms with E-state index in [1.807, 2.05) is 0 Å². The Labute approximate surface area is 127 Å². The van der Waals surface area contributed by atoms with Gasteiger partial charge < -0.3 is 0 Å². The average molecular weight is 273 g/mol. The van der Waals surface area contributed by atoms with E-state index in [9.17, 15) is 0 Å². The molecule has 0 bridgehead atoms. The van der Waals surface area contributed by atoms with Crippen molar-refractivity contribution in [3.63, 3.8) is 0 Å². The first kappa shape index (κ1) is 17.3. The van der Waals surface area contributed by atoms with Crippen LogP contribution in [0.3, 0.4) is 0 Å². The molecule has 1 aromatic rings. The fraction of sp³-hybridized carbons (Fsp3) is 0.700. The van der Waals surface area contributed by atoms with Crippen LogP contribution in [0.2, 0.25) is 0 Å². The van der Waals surface area contributed by atoms with Crippen LogP contribution in [0.5, 0.6) is 0 Å². The largest absolute Gasteiger partial charge is 0.0654 e. The Morgan fingerprint density at radius 2 is 1.35 bits per heavy atom. The Hall–Kier alpha value is -0.780. The number of aryl methyl sites for hydroxylation is 2. The summed E-state index contributed by atoms with van der Waals surface area (Å²) in [6.07, 6.45) is 16.2. The van der Waals surface area contributed by atoms with Crippen molar-refractivity contribution in [2.45, 2.75) is 90.9 Å². The predicted octanol–water partition coefficient (Wildman–Crippen LogP) is 6.51.